The van der Waals surface area contributed by atoms with Gasteiger partial charge in [0, 0.05) is 11.8 Å². The number of aliphatic hydroxyl groups excluding tert-OH is 1. The van der Waals surface area contributed by atoms with E-state index in [-0.39, 0.29) is 17.9 Å². The van der Waals surface area contributed by atoms with Gasteiger partial charge >= 0.3 is 0 Å². The van der Waals surface area contributed by atoms with E-state index < -0.39 is 17.7 Å². The van der Waals surface area contributed by atoms with Gasteiger partial charge in [-0.2, -0.15) is 0 Å². The molecular weight excluding hydrogens is 464 g/mol. The number of carbonyl (C=O) groups excluding carboxylic acids is 2. The molecule has 2 heterocycles. The average molecular weight is 491 g/mol. The van der Waals surface area contributed by atoms with Gasteiger partial charge in [-0.05, 0) is 54.3 Å². The number of carbonyl (C=O) groups is 2. The summed E-state index contributed by atoms with van der Waals surface area (Å²) in [5.74, 6) is -0.991. The summed E-state index contributed by atoms with van der Waals surface area (Å²) in [6, 6.07) is 17.2. The molecule has 1 atom stereocenters. The molecule has 1 aliphatic rings. The molecule has 0 saturated carbocycles. The fourth-order valence-corrected chi connectivity index (χ4v) is 4.36. The summed E-state index contributed by atoms with van der Waals surface area (Å²) in [5.41, 5.74) is 2.87. The van der Waals surface area contributed by atoms with E-state index in [0.29, 0.717) is 34.6 Å². The van der Waals surface area contributed by atoms with Crippen molar-refractivity contribution in [3.8, 4) is 5.75 Å². The zero-order valence-electron chi connectivity index (χ0n) is 19.9. The lowest BCUT2D eigenvalue weighted by Crippen LogP contribution is -2.29. The van der Waals surface area contributed by atoms with Crippen LogP contribution in [0.3, 0.4) is 0 Å². The minimum atomic E-state index is -0.774. The molecule has 0 aliphatic carbocycles. The third kappa shape index (κ3) is 4.93. The Morgan fingerprint density at radius 1 is 1.11 bits per heavy atom. The number of Topliss-reactive ketones (excluding diaryl/α,β-unsaturated/α-hetero) is 1. The lowest BCUT2D eigenvalue weighted by Gasteiger charge is -2.25. The fourth-order valence-electron chi connectivity index (χ4n) is 4.19. The van der Waals surface area contributed by atoms with Crippen LogP contribution in [0.2, 0.25) is 5.02 Å². The minimum Gasteiger partial charge on any atom is -0.507 e. The second-order valence-electron chi connectivity index (χ2n) is 8.65. The zero-order valence-corrected chi connectivity index (χ0v) is 20.6. The molecule has 1 fully saturated rings. The number of hydrogen-bond donors (Lipinski definition) is 1. The van der Waals surface area contributed by atoms with Crippen LogP contribution in [0.1, 0.15) is 55.1 Å². The fraction of sp³-hybridized carbons (Fsp3) is 0.250. The first kappa shape index (κ1) is 24.5. The predicted octanol–water partition coefficient (Wildman–Crippen LogP) is 5.88. The maximum absolute atomic E-state index is 13.3. The summed E-state index contributed by atoms with van der Waals surface area (Å²) < 4.78 is 5.55. The van der Waals surface area contributed by atoms with E-state index in [9.17, 15) is 14.7 Å². The van der Waals surface area contributed by atoms with Crippen molar-refractivity contribution < 1.29 is 19.4 Å². The predicted molar refractivity (Wildman–Crippen MR) is 135 cm³/mol. The van der Waals surface area contributed by atoms with Crippen molar-refractivity contribution in [2.45, 2.75) is 39.3 Å². The van der Waals surface area contributed by atoms with Crippen LogP contribution in [-0.2, 0) is 16.1 Å². The largest absolute Gasteiger partial charge is 0.507 e. The minimum absolute atomic E-state index is 0.0213. The SMILES string of the molecule is CCOc1cc(/C(O)=C2/C(=O)C(=O)N(Cc3ccccn3)C2c2ccc(C(C)C)cc2)ccc1Cl. The van der Waals surface area contributed by atoms with Crippen LogP contribution in [0, 0.1) is 0 Å². The summed E-state index contributed by atoms with van der Waals surface area (Å²) in [6.45, 7) is 6.54. The smallest absolute Gasteiger partial charge is 0.296 e. The van der Waals surface area contributed by atoms with E-state index in [1.54, 1.807) is 36.5 Å². The molecule has 1 saturated heterocycles. The van der Waals surface area contributed by atoms with Gasteiger partial charge in [0.15, 0.2) is 0 Å². The Kier molecular flexibility index (Phi) is 7.22. The average Bonchev–Trinajstić information content (AvgIpc) is 3.10. The third-order valence-electron chi connectivity index (χ3n) is 6.02. The number of pyridine rings is 1. The van der Waals surface area contributed by atoms with Crippen LogP contribution in [-0.4, -0.2) is 33.3 Å². The number of aliphatic hydroxyl groups is 1. The summed E-state index contributed by atoms with van der Waals surface area (Å²) in [4.78, 5) is 32.2. The van der Waals surface area contributed by atoms with Gasteiger partial charge in [-0.15, -0.1) is 0 Å². The van der Waals surface area contributed by atoms with E-state index in [4.69, 9.17) is 16.3 Å². The van der Waals surface area contributed by atoms with Crippen molar-refractivity contribution in [1.82, 2.24) is 9.88 Å². The second kappa shape index (κ2) is 10.3. The molecule has 0 radical (unpaired) electrons. The maximum Gasteiger partial charge on any atom is 0.296 e. The lowest BCUT2D eigenvalue weighted by atomic mass is 9.93. The highest BCUT2D eigenvalue weighted by molar-refractivity contribution is 6.46. The van der Waals surface area contributed by atoms with E-state index in [0.717, 1.165) is 11.1 Å². The molecule has 1 aromatic heterocycles. The number of benzene rings is 2. The first-order chi connectivity index (χ1) is 16.8. The monoisotopic (exact) mass is 490 g/mol. The quantitative estimate of drug-likeness (QED) is 0.254. The van der Waals surface area contributed by atoms with Crippen molar-refractivity contribution in [1.29, 1.82) is 0 Å². The first-order valence-electron chi connectivity index (χ1n) is 11.5. The van der Waals surface area contributed by atoms with Gasteiger partial charge in [0.25, 0.3) is 11.7 Å². The van der Waals surface area contributed by atoms with Crippen molar-refractivity contribution in [3.63, 3.8) is 0 Å². The molecule has 1 N–H and O–H groups in total. The zero-order chi connectivity index (χ0) is 25.1. The molecule has 1 amide bonds. The number of aromatic nitrogens is 1. The molecule has 0 spiro atoms. The van der Waals surface area contributed by atoms with Crippen LogP contribution in [0.4, 0.5) is 0 Å². The number of likely N-dealkylation sites (tertiary alicyclic amines) is 1. The van der Waals surface area contributed by atoms with Crippen molar-refractivity contribution in [2.75, 3.05) is 6.61 Å². The van der Waals surface area contributed by atoms with Gasteiger partial charge in [-0.3, -0.25) is 14.6 Å². The van der Waals surface area contributed by atoms with E-state index in [2.05, 4.69) is 18.8 Å². The standard InChI is InChI=1S/C28H27ClN2O4/c1-4-35-23-15-20(12-13-22(23)29)26(32)24-25(19-10-8-18(9-11-19)17(2)3)31(28(34)27(24)33)16-21-7-5-6-14-30-21/h5-15,17,25,32H,4,16H2,1-3H3/b26-24-. The Labute approximate surface area is 209 Å². The van der Waals surface area contributed by atoms with Gasteiger partial charge in [-0.1, -0.05) is 55.8 Å². The Morgan fingerprint density at radius 2 is 1.86 bits per heavy atom. The number of amides is 1. The topological polar surface area (TPSA) is 79.7 Å². The van der Waals surface area contributed by atoms with Gasteiger partial charge < -0.3 is 14.7 Å². The molecule has 0 bridgehead atoms. The normalized spacial score (nSPS) is 17.3. The molecule has 6 nitrogen and oxygen atoms in total. The van der Waals surface area contributed by atoms with Crippen molar-refractivity contribution >= 4 is 29.1 Å². The number of nitrogens with zero attached hydrogens (tertiary/aromatic N) is 2. The van der Waals surface area contributed by atoms with E-state index in [1.807, 2.05) is 37.3 Å². The van der Waals surface area contributed by atoms with Gasteiger partial charge in [0.2, 0.25) is 0 Å². The van der Waals surface area contributed by atoms with Crippen LogP contribution in [0.5, 0.6) is 5.75 Å². The Bertz CT molecular complexity index is 1270. The van der Waals surface area contributed by atoms with Crippen LogP contribution in [0.15, 0.2) is 72.4 Å². The number of ketones is 1. The first-order valence-corrected chi connectivity index (χ1v) is 11.9. The van der Waals surface area contributed by atoms with Gasteiger partial charge in [0.1, 0.15) is 11.5 Å². The van der Waals surface area contributed by atoms with Crippen molar-refractivity contribution in [3.05, 3.63) is 99.8 Å². The Morgan fingerprint density at radius 3 is 2.49 bits per heavy atom. The molecule has 3 aromatic rings. The number of hydrogen-bond acceptors (Lipinski definition) is 5. The summed E-state index contributed by atoms with van der Waals surface area (Å²) in [5, 5.41) is 11.7. The van der Waals surface area contributed by atoms with Gasteiger partial charge in [-0.25, -0.2) is 0 Å². The van der Waals surface area contributed by atoms with E-state index in [1.165, 1.54) is 4.90 Å². The number of ether oxygens (including phenoxy) is 1. The molecule has 7 heteroatoms. The van der Waals surface area contributed by atoms with E-state index >= 15 is 0 Å². The summed E-state index contributed by atoms with van der Waals surface area (Å²) in [7, 11) is 0. The Balaban J connectivity index is 1.85. The highest BCUT2D eigenvalue weighted by Crippen LogP contribution is 2.41. The molecule has 1 aliphatic heterocycles. The Hall–Kier alpha value is -3.64. The number of halogens is 1. The van der Waals surface area contributed by atoms with Crippen LogP contribution < -0.4 is 4.74 Å². The molecule has 35 heavy (non-hydrogen) atoms. The van der Waals surface area contributed by atoms with Crippen molar-refractivity contribution in [2.24, 2.45) is 0 Å². The number of rotatable bonds is 7. The highest BCUT2D eigenvalue weighted by atomic mass is 35.5. The third-order valence-corrected chi connectivity index (χ3v) is 6.33. The summed E-state index contributed by atoms with van der Waals surface area (Å²) in [6.07, 6.45) is 1.64. The van der Waals surface area contributed by atoms with Gasteiger partial charge in [0.05, 0.1) is 35.5 Å². The molecule has 4 rings (SSSR count). The molecule has 180 valence electrons. The summed E-state index contributed by atoms with van der Waals surface area (Å²) >= 11 is 6.21. The van der Waals surface area contributed by atoms with Crippen LogP contribution >= 0.6 is 11.6 Å². The second-order valence-corrected chi connectivity index (χ2v) is 9.05. The molecular formula is C28H27ClN2O4. The maximum atomic E-state index is 13.3. The highest BCUT2D eigenvalue weighted by Gasteiger charge is 2.46. The molecule has 1 unspecified atom stereocenters. The molecule has 2 aromatic carbocycles. The lowest BCUT2D eigenvalue weighted by molar-refractivity contribution is -0.140. The van der Waals surface area contributed by atoms with Crippen LogP contribution in [0.25, 0.3) is 5.76 Å².